The number of benzene rings is 1. The monoisotopic (exact) mass is 291 g/mol. The van der Waals surface area contributed by atoms with E-state index in [9.17, 15) is 0 Å². The van der Waals surface area contributed by atoms with Gasteiger partial charge in [-0.3, -0.25) is 16.2 Å². The Labute approximate surface area is 117 Å². The number of hydrazine groups is 1. The van der Waals surface area contributed by atoms with E-state index < -0.39 is 0 Å². The van der Waals surface area contributed by atoms with E-state index in [2.05, 4.69) is 16.0 Å². The van der Waals surface area contributed by atoms with E-state index in [0.717, 1.165) is 5.56 Å². The first-order valence-corrected chi connectivity index (χ1v) is 4.42. The summed E-state index contributed by atoms with van der Waals surface area (Å²) in [7, 11) is 0. The molecule has 1 aromatic carbocycles. The normalized spacial score (nSPS) is 8.94. The van der Waals surface area contributed by atoms with Crippen molar-refractivity contribution in [2.75, 3.05) is 0 Å². The van der Waals surface area contributed by atoms with E-state index in [1.54, 1.807) is 24.3 Å². The van der Waals surface area contributed by atoms with Crippen molar-refractivity contribution >= 4 is 42.8 Å². The molecule has 0 saturated carbocycles. The van der Waals surface area contributed by atoms with Gasteiger partial charge in [0.2, 0.25) is 5.96 Å². The van der Waals surface area contributed by atoms with Crippen molar-refractivity contribution in [3.63, 3.8) is 0 Å². The summed E-state index contributed by atoms with van der Waals surface area (Å²) in [5.74, 6) is 4.85. The molecule has 0 fully saturated rings. The van der Waals surface area contributed by atoms with Crippen LogP contribution in [0.1, 0.15) is 11.1 Å². The van der Waals surface area contributed by atoms with Gasteiger partial charge in [0, 0.05) is 5.56 Å². The Morgan fingerprint density at radius 1 is 1.28 bits per heavy atom. The largest absolute Gasteiger partial charge is 0.384 e. The van der Waals surface area contributed by atoms with Gasteiger partial charge in [0.15, 0.2) is 0 Å². The Bertz CT molecular complexity index is 433. The third kappa shape index (κ3) is 6.04. The van der Waals surface area contributed by atoms with Crippen LogP contribution in [0.15, 0.2) is 29.4 Å². The molecule has 0 amide bonds. The molecule has 8 N–H and O–H groups in total. The number of hydrogen-bond acceptors (Lipinski definition) is 4. The van der Waals surface area contributed by atoms with Crippen LogP contribution in [0.5, 0.6) is 0 Å². The van der Waals surface area contributed by atoms with E-state index in [4.69, 9.17) is 22.4 Å². The number of nitrogens with one attached hydrogen (secondary N) is 4. The molecule has 0 spiro atoms. The lowest BCUT2D eigenvalue weighted by molar-refractivity contribution is 0.889. The van der Waals surface area contributed by atoms with Gasteiger partial charge in [0.25, 0.3) is 0 Å². The highest BCUT2D eigenvalue weighted by Gasteiger charge is 1.96. The summed E-state index contributed by atoms with van der Waals surface area (Å²) in [6, 6.07) is 7.02. The molecule has 100 valence electrons. The van der Waals surface area contributed by atoms with E-state index in [-0.39, 0.29) is 36.6 Å². The smallest absolute Gasteiger partial charge is 0.223 e. The zero-order chi connectivity index (χ0) is 12.0. The molecule has 0 radical (unpaired) electrons. The van der Waals surface area contributed by atoms with E-state index in [1.807, 2.05) is 0 Å². The first-order chi connectivity index (χ1) is 7.63. The number of rotatable bonds is 3. The average Bonchev–Trinajstić information content (AvgIpc) is 2.29. The Morgan fingerprint density at radius 3 is 2.50 bits per heavy atom. The highest BCUT2D eigenvalue weighted by atomic mass is 35.5. The van der Waals surface area contributed by atoms with Gasteiger partial charge in [0.1, 0.15) is 5.84 Å². The average molecular weight is 292 g/mol. The second-order valence-corrected chi connectivity index (χ2v) is 2.93. The molecule has 0 heterocycles. The summed E-state index contributed by atoms with van der Waals surface area (Å²) in [6.45, 7) is 0. The topological polar surface area (TPSA) is 136 Å². The molecule has 0 aliphatic carbocycles. The minimum Gasteiger partial charge on any atom is -0.384 e. The summed E-state index contributed by atoms with van der Waals surface area (Å²) >= 11 is 0. The maximum Gasteiger partial charge on any atom is 0.223 e. The molecule has 1 aromatic rings. The molecule has 0 aromatic heterocycles. The molecule has 9 heteroatoms. The molecule has 0 atom stereocenters. The van der Waals surface area contributed by atoms with E-state index in [0.29, 0.717) is 5.56 Å². The molecular formula is C9H15Cl2N7. The van der Waals surface area contributed by atoms with Gasteiger partial charge in [-0.05, 0) is 11.6 Å². The number of nitrogens with two attached hydrogens (primary N) is 2. The van der Waals surface area contributed by atoms with Crippen molar-refractivity contribution < 1.29 is 0 Å². The highest BCUT2D eigenvalue weighted by molar-refractivity contribution is 5.96. The van der Waals surface area contributed by atoms with Crippen LogP contribution < -0.4 is 22.4 Å². The first-order valence-electron chi connectivity index (χ1n) is 4.42. The molecule has 7 nitrogen and oxygen atoms in total. The number of nitrogens with zero attached hydrogens (tertiary/aromatic N) is 1. The Kier molecular flexibility index (Phi) is 9.50. The fourth-order valence-electron chi connectivity index (χ4n) is 0.990. The van der Waals surface area contributed by atoms with Gasteiger partial charge in [-0.15, -0.1) is 24.8 Å². The van der Waals surface area contributed by atoms with Crippen molar-refractivity contribution in [1.82, 2.24) is 10.9 Å². The standard InChI is InChI=1S/C9H13N7.2ClH/c10-8(11)7-3-1-2-6(4-7)5-14-16-9(12)15-13;;/h1-5H,13H2,(H3,10,11)(H3,12,15,16);2*1H. The van der Waals surface area contributed by atoms with Crippen molar-refractivity contribution in [3.8, 4) is 0 Å². The van der Waals surface area contributed by atoms with Crippen LogP contribution in [-0.4, -0.2) is 18.0 Å². The Morgan fingerprint density at radius 2 is 1.94 bits per heavy atom. The second kappa shape index (κ2) is 9.23. The number of hydrogen-bond donors (Lipinski definition) is 6. The van der Waals surface area contributed by atoms with Crippen LogP contribution >= 0.6 is 24.8 Å². The summed E-state index contributed by atoms with van der Waals surface area (Å²) in [5, 5.41) is 18.1. The van der Waals surface area contributed by atoms with Gasteiger partial charge in [-0.1, -0.05) is 18.2 Å². The fourth-order valence-corrected chi connectivity index (χ4v) is 0.990. The van der Waals surface area contributed by atoms with Crippen LogP contribution in [0.25, 0.3) is 0 Å². The minimum absolute atomic E-state index is 0. The van der Waals surface area contributed by atoms with Crippen molar-refractivity contribution in [1.29, 1.82) is 10.8 Å². The predicted octanol–water partition coefficient (Wildman–Crippen LogP) is 0.136. The first kappa shape index (κ1) is 18.5. The molecule has 0 bridgehead atoms. The number of guanidine groups is 1. The summed E-state index contributed by atoms with van der Waals surface area (Å²) in [6.07, 6.45) is 1.50. The number of hydrazone groups is 1. The summed E-state index contributed by atoms with van der Waals surface area (Å²) in [4.78, 5) is 0. The maximum absolute atomic E-state index is 7.26. The highest BCUT2D eigenvalue weighted by Crippen LogP contribution is 2.01. The number of nitrogen functional groups attached to an aromatic ring is 1. The second-order valence-electron chi connectivity index (χ2n) is 2.93. The minimum atomic E-state index is -0.112. The Hall–Kier alpha value is -1.83. The van der Waals surface area contributed by atoms with Crippen LogP contribution in [0.3, 0.4) is 0 Å². The lowest BCUT2D eigenvalue weighted by atomic mass is 10.1. The zero-order valence-electron chi connectivity index (χ0n) is 9.31. The van der Waals surface area contributed by atoms with Crippen LogP contribution in [0.4, 0.5) is 0 Å². The summed E-state index contributed by atoms with van der Waals surface area (Å²) in [5.41, 5.74) is 11.2. The van der Waals surface area contributed by atoms with Gasteiger partial charge in [-0.2, -0.15) is 5.10 Å². The SMILES string of the molecule is Cl.Cl.N=C(NN)NN=Cc1cccc(C(=N)N)c1. The van der Waals surface area contributed by atoms with E-state index >= 15 is 0 Å². The van der Waals surface area contributed by atoms with Crippen LogP contribution in [0, 0.1) is 10.8 Å². The van der Waals surface area contributed by atoms with E-state index in [1.165, 1.54) is 6.21 Å². The molecule has 0 saturated heterocycles. The van der Waals surface area contributed by atoms with Crippen LogP contribution in [0.2, 0.25) is 0 Å². The molecule has 0 unspecified atom stereocenters. The van der Waals surface area contributed by atoms with Crippen molar-refractivity contribution in [3.05, 3.63) is 35.4 Å². The fraction of sp³-hybridized carbons (Fsp3) is 0. The van der Waals surface area contributed by atoms with Crippen molar-refractivity contribution in [2.45, 2.75) is 0 Å². The molecule has 0 aliphatic rings. The zero-order valence-corrected chi connectivity index (χ0v) is 10.9. The lowest BCUT2D eigenvalue weighted by Gasteiger charge is -2.01. The van der Waals surface area contributed by atoms with Gasteiger partial charge < -0.3 is 5.73 Å². The molecule has 1 rings (SSSR count). The molecule has 18 heavy (non-hydrogen) atoms. The predicted molar refractivity (Wildman–Crippen MR) is 77.7 cm³/mol. The lowest BCUT2D eigenvalue weighted by Crippen LogP contribution is -2.38. The maximum atomic E-state index is 7.26. The van der Waals surface area contributed by atoms with Gasteiger partial charge >= 0.3 is 0 Å². The third-order valence-electron chi connectivity index (χ3n) is 1.73. The number of halogens is 2. The molecular weight excluding hydrogens is 277 g/mol. The van der Waals surface area contributed by atoms with Gasteiger partial charge in [0.05, 0.1) is 6.21 Å². The number of amidine groups is 1. The Balaban J connectivity index is 0. The van der Waals surface area contributed by atoms with Crippen LogP contribution in [-0.2, 0) is 0 Å². The summed E-state index contributed by atoms with van der Waals surface area (Å²) < 4.78 is 0. The van der Waals surface area contributed by atoms with Gasteiger partial charge in [-0.25, -0.2) is 11.3 Å². The quantitative estimate of drug-likeness (QED) is 0.204. The third-order valence-corrected chi connectivity index (χ3v) is 1.73. The molecule has 0 aliphatic heterocycles. The van der Waals surface area contributed by atoms with Crippen molar-refractivity contribution in [2.24, 2.45) is 16.7 Å².